The summed E-state index contributed by atoms with van der Waals surface area (Å²) < 4.78 is 0. The second-order valence-electron chi connectivity index (χ2n) is 7.27. The smallest absolute Gasteiger partial charge is 0.244 e. The van der Waals surface area contributed by atoms with Gasteiger partial charge in [0.2, 0.25) is 11.8 Å². The third kappa shape index (κ3) is 4.68. The summed E-state index contributed by atoms with van der Waals surface area (Å²) in [7, 11) is 0. The number of hydrogen-bond donors (Lipinski definition) is 2. The van der Waals surface area contributed by atoms with Crippen LogP contribution in [0.2, 0.25) is 0 Å². The van der Waals surface area contributed by atoms with Crippen LogP contribution in [-0.4, -0.2) is 71.1 Å². The van der Waals surface area contributed by atoms with E-state index in [1.807, 2.05) is 4.90 Å². The zero-order valence-electron chi connectivity index (χ0n) is 14.0. The van der Waals surface area contributed by atoms with Crippen LogP contribution in [0.1, 0.15) is 40.0 Å². The van der Waals surface area contributed by atoms with Crippen molar-refractivity contribution in [2.24, 2.45) is 5.92 Å². The van der Waals surface area contributed by atoms with E-state index in [9.17, 15) is 14.7 Å². The van der Waals surface area contributed by atoms with Crippen LogP contribution in [-0.2, 0) is 9.59 Å². The molecule has 0 spiro atoms. The fourth-order valence-electron chi connectivity index (χ4n) is 3.01. The second-order valence-corrected chi connectivity index (χ2v) is 7.27. The number of aliphatic hydroxyl groups is 1. The highest BCUT2D eigenvalue weighted by Gasteiger charge is 2.30. The van der Waals surface area contributed by atoms with Crippen molar-refractivity contribution in [3.05, 3.63) is 0 Å². The number of amides is 2. The maximum Gasteiger partial charge on any atom is 0.244 e. The molecule has 2 fully saturated rings. The molecule has 2 rings (SSSR count). The van der Waals surface area contributed by atoms with E-state index in [1.165, 1.54) is 0 Å². The summed E-state index contributed by atoms with van der Waals surface area (Å²) in [5, 5.41) is 12.7. The van der Waals surface area contributed by atoms with Crippen molar-refractivity contribution >= 4 is 11.8 Å². The molecule has 0 radical (unpaired) electrons. The molecule has 2 aliphatic rings. The first-order chi connectivity index (χ1) is 10.3. The number of rotatable bonds is 5. The van der Waals surface area contributed by atoms with Crippen LogP contribution in [0.3, 0.4) is 0 Å². The van der Waals surface area contributed by atoms with Gasteiger partial charge in [0.1, 0.15) is 6.04 Å². The van der Waals surface area contributed by atoms with Gasteiger partial charge in [-0.3, -0.25) is 14.5 Å². The van der Waals surface area contributed by atoms with Crippen LogP contribution in [0, 0.1) is 5.92 Å². The van der Waals surface area contributed by atoms with Gasteiger partial charge in [0.05, 0.1) is 5.60 Å². The quantitative estimate of drug-likeness (QED) is 0.761. The van der Waals surface area contributed by atoms with E-state index < -0.39 is 11.6 Å². The summed E-state index contributed by atoms with van der Waals surface area (Å²) in [4.78, 5) is 28.3. The van der Waals surface area contributed by atoms with Crippen LogP contribution >= 0.6 is 0 Å². The predicted octanol–water partition coefficient (Wildman–Crippen LogP) is 0.206. The Morgan fingerprint density at radius 1 is 1.23 bits per heavy atom. The fraction of sp³-hybridized carbons (Fsp3) is 0.875. The third-order valence-corrected chi connectivity index (χ3v) is 4.50. The molecular weight excluding hydrogens is 282 g/mol. The zero-order valence-corrected chi connectivity index (χ0v) is 14.0. The van der Waals surface area contributed by atoms with Crippen LogP contribution < -0.4 is 5.32 Å². The summed E-state index contributed by atoms with van der Waals surface area (Å²) >= 11 is 0. The van der Waals surface area contributed by atoms with Crippen LogP contribution in [0.25, 0.3) is 0 Å². The molecule has 1 atom stereocenters. The number of hydrogen-bond acceptors (Lipinski definition) is 4. The highest BCUT2D eigenvalue weighted by atomic mass is 16.3. The number of carbonyl (C=O) groups is 2. The molecule has 0 aromatic heterocycles. The van der Waals surface area contributed by atoms with E-state index in [0.717, 1.165) is 32.4 Å². The molecule has 6 nitrogen and oxygen atoms in total. The van der Waals surface area contributed by atoms with E-state index in [-0.39, 0.29) is 17.7 Å². The molecular formula is C16H29N3O3. The highest BCUT2D eigenvalue weighted by molar-refractivity contribution is 5.88. The Balaban J connectivity index is 1.75. The number of nitrogens with one attached hydrogen (secondary N) is 1. The van der Waals surface area contributed by atoms with Gasteiger partial charge in [0.25, 0.3) is 0 Å². The standard InChI is InChI=1S/C16H29N3O3/c1-12(17-14(20)13-5-4-6-13)15(21)19-9-7-18(8-10-19)11-16(2,3)22/h12-13,22H,4-11H2,1-3H3,(H,17,20). The number of nitrogens with zero attached hydrogens (tertiary/aromatic N) is 2. The predicted molar refractivity (Wildman–Crippen MR) is 84.3 cm³/mol. The summed E-state index contributed by atoms with van der Waals surface area (Å²) in [5.74, 6) is 0.127. The molecule has 1 saturated heterocycles. The molecule has 0 bridgehead atoms. The minimum atomic E-state index is -0.712. The Labute approximate surface area is 132 Å². The summed E-state index contributed by atoms with van der Waals surface area (Å²) in [6, 6.07) is -0.450. The van der Waals surface area contributed by atoms with Gasteiger partial charge in [-0.2, -0.15) is 0 Å². The normalized spacial score (nSPS) is 22.1. The average Bonchev–Trinajstić information content (AvgIpc) is 2.34. The zero-order chi connectivity index (χ0) is 16.3. The maximum atomic E-state index is 12.4. The molecule has 0 aromatic rings. The molecule has 1 aliphatic heterocycles. The molecule has 6 heteroatoms. The van der Waals surface area contributed by atoms with E-state index in [4.69, 9.17) is 0 Å². The first-order valence-corrected chi connectivity index (χ1v) is 8.30. The number of β-amino-alcohol motifs (C(OH)–C–C–N with tert-alkyl or cyclic N) is 1. The lowest BCUT2D eigenvalue weighted by Gasteiger charge is -2.38. The molecule has 22 heavy (non-hydrogen) atoms. The van der Waals surface area contributed by atoms with E-state index in [0.29, 0.717) is 19.6 Å². The molecule has 0 aromatic carbocycles. The molecule has 1 aliphatic carbocycles. The summed E-state index contributed by atoms with van der Waals surface area (Å²) in [6.07, 6.45) is 3.01. The Bertz CT molecular complexity index is 407. The topological polar surface area (TPSA) is 72.9 Å². The van der Waals surface area contributed by atoms with E-state index >= 15 is 0 Å². The van der Waals surface area contributed by atoms with Crippen molar-refractivity contribution < 1.29 is 14.7 Å². The largest absolute Gasteiger partial charge is 0.389 e. The van der Waals surface area contributed by atoms with E-state index in [1.54, 1.807) is 20.8 Å². The van der Waals surface area contributed by atoms with Gasteiger partial charge < -0.3 is 15.3 Å². The van der Waals surface area contributed by atoms with E-state index in [2.05, 4.69) is 10.2 Å². The maximum absolute atomic E-state index is 12.4. The average molecular weight is 311 g/mol. The lowest BCUT2D eigenvalue weighted by Crippen LogP contribution is -2.56. The Morgan fingerprint density at radius 3 is 2.27 bits per heavy atom. The first-order valence-electron chi connectivity index (χ1n) is 8.30. The fourth-order valence-corrected chi connectivity index (χ4v) is 3.01. The molecule has 126 valence electrons. The van der Waals surface area contributed by atoms with Crippen LogP contribution in [0.5, 0.6) is 0 Å². The monoisotopic (exact) mass is 311 g/mol. The van der Waals surface area contributed by atoms with Gasteiger partial charge in [-0.05, 0) is 33.6 Å². The minimum Gasteiger partial charge on any atom is -0.389 e. The summed E-state index contributed by atoms with van der Waals surface area (Å²) in [5.41, 5.74) is -0.712. The molecule has 1 unspecified atom stereocenters. The van der Waals surface area contributed by atoms with Crippen molar-refractivity contribution in [2.45, 2.75) is 51.7 Å². The van der Waals surface area contributed by atoms with Crippen molar-refractivity contribution in [1.29, 1.82) is 0 Å². The number of carbonyl (C=O) groups excluding carboxylic acids is 2. The Kier molecular flexibility index (Phi) is 5.45. The van der Waals surface area contributed by atoms with Crippen molar-refractivity contribution in [3.8, 4) is 0 Å². The van der Waals surface area contributed by atoms with Gasteiger partial charge in [-0.25, -0.2) is 0 Å². The van der Waals surface area contributed by atoms with Crippen LogP contribution in [0.15, 0.2) is 0 Å². The van der Waals surface area contributed by atoms with Crippen molar-refractivity contribution in [2.75, 3.05) is 32.7 Å². The second kappa shape index (κ2) is 6.96. The Morgan fingerprint density at radius 2 is 1.82 bits per heavy atom. The highest BCUT2D eigenvalue weighted by Crippen LogP contribution is 2.26. The Hall–Kier alpha value is -1.14. The number of piperazine rings is 1. The van der Waals surface area contributed by atoms with Gasteiger partial charge in [0.15, 0.2) is 0 Å². The minimum absolute atomic E-state index is 0.00409. The third-order valence-electron chi connectivity index (χ3n) is 4.50. The van der Waals surface area contributed by atoms with Gasteiger partial charge in [-0.15, -0.1) is 0 Å². The first kappa shape index (κ1) is 17.2. The molecule has 1 heterocycles. The van der Waals surface area contributed by atoms with Gasteiger partial charge >= 0.3 is 0 Å². The van der Waals surface area contributed by atoms with Crippen LogP contribution in [0.4, 0.5) is 0 Å². The lowest BCUT2D eigenvalue weighted by atomic mass is 9.84. The lowest BCUT2D eigenvalue weighted by molar-refractivity contribution is -0.139. The summed E-state index contributed by atoms with van der Waals surface area (Å²) in [6.45, 7) is 8.80. The molecule has 2 amide bonds. The molecule has 1 saturated carbocycles. The van der Waals surface area contributed by atoms with Gasteiger partial charge in [-0.1, -0.05) is 6.42 Å². The molecule has 2 N–H and O–H groups in total. The van der Waals surface area contributed by atoms with Crippen molar-refractivity contribution in [3.63, 3.8) is 0 Å². The SMILES string of the molecule is CC(NC(=O)C1CCC1)C(=O)N1CCN(CC(C)(C)O)CC1. The van der Waals surface area contributed by atoms with Gasteiger partial charge in [0, 0.05) is 38.6 Å². The van der Waals surface area contributed by atoms with Crippen molar-refractivity contribution in [1.82, 2.24) is 15.1 Å².